The van der Waals surface area contributed by atoms with E-state index in [0.717, 1.165) is 25.9 Å². The minimum Gasteiger partial charge on any atom is -0.494 e. The van der Waals surface area contributed by atoms with Crippen LogP contribution in [0.15, 0.2) is 54.6 Å². The number of nitrogens with zero attached hydrogens (tertiary/aromatic N) is 1. The highest BCUT2D eigenvalue weighted by Gasteiger charge is 2.23. The molecule has 0 radical (unpaired) electrons. The Morgan fingerprint density at radius 3 is 2.22 bits per heavy atom. The van der Waals surface area contributed by atoms with Gasteiger partial charge in [0.1, 0.15) is 17.4 Å². The van der Waals surface area contributed by atoms with Crippen LogP contribution in [0.2, 0.25) is 10.0 Å². The maximum absolute atomic E-state index is 15.0. The number of amides is 2. The molecular formula is C26H23Cl2FN4O3. The summed E-state index contributed by atoms with van der Waals surface area (Å²) in [6.07, 6.45) is 1.98. The molecule has 3 N–H and O–H groups in total. The lowest BCUT2D eigenvalue weighted by atomic mass is 10.1. The van der Waals surface area contributed by atoms with Crippen molar-refractivity contribution >= 4 is 52.2 Å². The van der Waals surface area contributed by atoms with Crippen molar-refractivity contribution in [1.29, 1.82) is 5.41 Å². The summed E-state index contributed by atoms with van der Waals surface area (Å²) in [5, 5.41) is 14.3. The van der Waals surface area contributed by atoms with Crippen LogP contribution in [-0.4, -0.2) is 42.7 Å². The van der Waals surface area contributed by atoms with Gasteiger partial charge in [-0.3, -0.25) is 15.0 Å². The Hall–Kier alpha value is -3.62. The van der Waals surface area contributed by atoms with Crippen LogP contribution in [0.5, 0.6) is 5.75 Å². The lowest BCUT2D eigenvalue weighted by Gasteiger charge is -2.19. The molecule has 10 heteroatoms. The molecule has 0 unspecified atom stereocenters. The van der Waals surface area contributed by atoms with Crippen molar-refractivity contribution in [2.24, 2.45) is 0 Å². The van der Waals surface area contributed by atoms with Crippen molar-refractivity contribution in [3.05, 3.63) is 87.2 Å². The maximum atomic E-state index is 15.0. The SMILES string of the molecule is COc1cc(Cl)cc(C(=O)Nc2ccc(Cl)cc2)c1NC(=O)c1ccc(C(=N)N2CCCC2)cc1F. The number of hydrogen-bond donors (Lipinski definition) is 3. The van der Waals surface area contributed by atoms with Gasteiger partial charge in [-0.15, -0.1) is 0 Å². The fraction of sp³-hybridized carbons (Fsp3) is 0.192. The Morgan fingerprint density at radius 1 is 0.917 bits per heavy atom. The van der Waals surface area contributed by atoms with Gasteiger partial charge in [-0.25, -0.2) is 4.39 Å². The van der Waals surface area contributed by atoms with Gasteiger partial charge in [-0.1, -0.05) is 29.3 Å². The number of hydrogen-bond acceptors (Lipinski definition) is 4. The number of likely N-dealkylation sites (tertiary alicyclic amines) is 1. The average Bonchev–Trinajstić information content (AvgIpc) is 3.40. The minimum atomic E-state index is -0.784. The molecule has 7 nitrogen and oxygen atoms in total. The largest absolute Gasteiger partial charge is 0.494 e. The Morgan fingerprint density at radius 2 is 1.58 bits per heavy atom. The van der Waals surface area contributed by atoms with Crippen LogP contribution in [-0.2, 0) is 0 Å². The van der Waals surface area contributed by atoms with E-state index in [-0.39, 0.29) is 33.4 Å². The number of methoxy groups -OCH3 is 1. The first kappa shape index (κ1) is 25.5. The maximum Gasteiger partial charge on any atom is 0.258 e. The lowest BCUT2D eigenvalue weighted by molar-refractivity contribution is 0.102. The Bertz CT molecular complexity index is 1330. The number of benzene rings is 3. The van der Waals surface area contributed by atoms with Gasteiger partial charge in [0.15, 0.2) is 0 Å². The molecule has 0 aliphatic carbocycles. The molecule has 0 aromatic heterocycles. The number of anilines is 2. The van der Waals surface area contributed by atoms with Crippen LogP contribution in [0.1, 0.15) is 39.1 Å². The fourth-order valence-electron chi connectivity index (χ4n) is 3.93. The van der Waals surface area contributed by atoms with Crippen LogP contribution >= 0.6 is 23.2 Å². The molecule has 0 saturated carbocycles. The zero-order chi connectivity index (χ0) is 25.8. The van der Waals surface area contributed by atoms with Crippen LogP contribution in [0.3, 0.4) is 0 Å². The predicted molar refractivity (Wildman–Crippen MR) is 139 cm³/mol. The average molecular weight is 529 g/mol. The molecule has 36 heavy (non-hydrogen) atoms. The van der Waals surface area contributed by atoms with Crippen LogP contribution < -0.4 is 15.4 Å². The van der Waals surface area contributed by atoms with E-state index in [2.05, 4.69) is 10.6 Å². The van der Waals surface area contributed by atoms with E-state index in [1.54, 1.807) is 24.3 Å². The van der Waals surface area contributed by atoms with E-state index in [4.69, 9.17) is 33.3 Å². The third-order valence-electron chi connectivity index (χ3n) is 5.78. The van der Waals surface area contributed by atoms with Gasteiger partial charge in [0.25, 0.3) is 11.8 Å². The predicted octanol–water partition coefficient (Wildman–Crippen LogP) is 6.07. The van der Waals surface area contributed by atoms with Gasteiger partial charge in [0, 0.05) is 40.5 Å². The molecule has 4 rings (SSSR count). The smallest absolute Gasteiger partial charge is 0.258 e. The van der Waals surface area contributed by atoms with E-state index < -0.39 is 17.6 Å². The summed E-state index contributed by atoms with van der Waals surface area (Å²) < 4.78 is 20.3. The number of nitrogens with one attached hydrogen (secondary N) is 3. The molecule has 1 heterocycles. The van der Waals surface area contributed by atoms with Gasteiger partial charge >= 0.3 is 0 Å². The van der Waals surface area contributed by atoms with Crippen LogP contribution in [0.4, 0.5) is 15.8 Å². The molecule has 1 aliphatic rings. The number of ether oxygens (including phenoxy) is 1. The van der Waals surface area contributed by atoms with E-state index in [9.17, 15) is 14.0 Å². The number of halogens is 3. The fourth-order valence-corrected chi connectivity index (χ4v) is 4.27. The normalized spacial score (nSPS) is 12.8. The van der Waals surface area contributed by atoms with Crippen LogP contribution in [0, 0.1) is 11.2 Å². The lowest BCUT2D eigenvalue weighted by Crippen LogP contribution is -2.28. The second-order valence-electron chi connectivity index (χ2n) is 8.18. The summed E-state index contributed by atoms with van der Waals surface area (Å²) in [5.74, 6) is -1.78. The molecule has 1 aliphatic heterocycles. The quantitative estimate of drug-likeness (QED) is 0.267. The van der Waals surface area contributed by atoms with Gasteiger partial charge < -0.3 is 20.3 Å². The van der Waals surface area contributed by atoms with Crippen molar-refractivity contribution in [3.8, 4) is 5.75 Å². The van der Waals surface area contributed by atoms with Crippen molar-refractivity contribution in [2.75, 3.05) is 30.8 Å². The molecule has 3 aromatic carbocycles. The monoisotopic (exact) mass is 528 g/mol. The first-order chi connectivity index (χ1) is 17.3. The summed E-state index contributed by atoms with van der Waals surface area (Å²) in [5.41, 5.74) is 0.678. The summed E-state index contributed by atoms with van der Waals surface area (Å²) in [6.45, 7) is 1.50. The Balaban J connectivity index is 1.60. The Labute approximate surface area is 217 Å². The van der Waals surface area contributed by atoms with Gasteiger partial charge in [0.05, 0.1) is 23.9 Å². The van der Waals surface area contributed by atoms with E-state index in [1.165, 1.54) is 37.4 Å². The molecule has 0 spiro atoms. The summed E-state index contributed by atoms with van der Waals surface area (Å²) >= 11 is 12.1. The highest BCUT2D eigenvalue weighted by molar-refractivity contribution is 6.32. The van der Waals surface area contributed by atoms with Crippen molar-refractivity contribution in [1.82, 2.24) is 4.90 Å². The van der Waals surface area contributed by atoms with E-state index in [0.29, 0.717) is 16.3 Å². The molecule has 2 amide bonds. The third-order valence-corrected chi connectivity index (χ3v) is 6.25. The van der Waals surface area contributed by atoms with E-state index >= 15 is 0 Å². The molecule has 186 valence electrons. The summed E-state index contributed by atoms with van der Waals surface area (Å²) in [7, 11) is 1.36. The highest BCUT2D eigenvalue weighted by atomic mass is 35.5. The summed E-state index contributed by atoms with van der Waals surface area (Å²) in [4.78, 5) is 28.0. The number of rotatable bonds is 6. The minimum absolute atomic E-state index is 0.0236. The second-order valence-corrected chi connectivity index (χ2v) is 9.06. The first-order valence-electron chi connectivity index (χ1n) is 11.2. The first-order valence-corrected chi connectivity index (χ1v) is 11.9. The van der Waals surface area contributed by atoms with Gasteiger partial charge in [-0.2, -0.15) is 0 Å². The van der Waals surface area contributed by atoms with Crippen LogP contribution in [0.25, 0.3) is 0 Å². The summed E-state index contributed by atoms with van der Waals surface area (Å²) in [6, 6.07) is 13.3. The van der Waals surface area contributed by atoms with E-state index in [1.807, 2.05) is 4.90 Å². The van der Waals surface area contributed by atoms with Gasteiger partial charge in [0.2, 0.25) is 0 Å². The molecule has 1 fully saturated rings. The molecular weight excluding hydrogens is 506 g/mol. The number of carbonyl (C=O) groups excluding carboxylic acids is 2. The zero-order valence-corrected chi connectivity index (χ0v) is 20.8. The highest BCUT2D eigenvalue weighted by Crippen LogP contribution is 2.34. The molecule has 0 atom stereocenters. The standard InChI is InChI=1S/C26H23Cl2FN4O3/c1-36-22-14-17(28)13-20(26(35)31-18-7-5-16(27)6-8-18)23(22)32-25(34)19-9-4-15(12-21(19)29)24(30)33-10-2-3-11-33/h4-9,12-14,30H,2-3,10-11H2,1H3,(H,31,35)(H,32,34). The zero-order valence-electron chi connectivity index (χ0n) is 19.3. The second kappa shape index (κ2) is 11.0. The molecule has 3 aromatic rings. The van der Waals surface area contributed by atoms with Gasteiger partial charge in [-0.05, 0) is 55.3 Å². The van der Waals surface area contributed by atoms with Crippen molar-refractivity contribution < 1.29 is 18.7 Å². The third kappa shape index (κ3) is 5.61. The number of carbonyl (C=O) groups is 2. The molecule has 1 saturated heterocycles. The topological polar surface area (TPSA) is 94.5 Å². The van der Waals surface area contributed by atoms with Crippen molar-refractivity contribution in [3.63, 3.8) is 0 Å². The number of amidine groups is 1. The Kier molecular flexibility index (Phi) is 7.76. The van der Waals surface area contributed by atoms with Crippen molar-refractivity contribution in [2.45, 2.75) is 12.8 Å². The molecule has 0 bridgehead atoms.